The van der Waals surface area contributed by atoms with E-state index < -0.39 is 21.4 Å². The van der Waals surface area contributed by atoms with E-state index in [0.29, 0.717) is 0 Å². The molecule has 0 aliphatic carbocycles. The number of rotatable bonds is 2. The fraction of sp³-hybridized carbons (Fsp3) is 0.545. The number of hydrogen-bond acceptors (Lipinski definition) is 5. The first-order valence-corrected chi connectivity index (χ1v) is 7.06. The highest BCUT2D eigenvalue weighted by atomic mass is 32.2. The van der Waals surface area contributed by atoms with Crippen LogP contribution in [0, 0.1) is 23.7 Å². The van der Waals surface area contributed by atoms with Crippen molar-refractivity contribution in [1.82, 2.24) is 0 Å². The number of hydrogen-bond donors (Lipinski definition) is 1. The lowest BCUT2D eigenvalue weighted by atomic mass is 9.81. The Morgan fingerprint density at radius 3 is 2.76 bits per heavy atom. The van der Waals surface area contributed by atoms with Gasteiger partial charge >= 0.3 is 0 Å². The minimum absolute atomic E-state index is 0.0582. The molecule has 0 radical (unpaired) electrons. The Kier molecular flexibility index (Phi) is 2.76. The second-order valence-corrected chi connectivity index (χ2v) is 6.66. The molecule has 2 rings (SSSR count). The van der Waals surface area contributed by atoms with Crippen molar-refractivity contribution in [3.63, 3.8) is 0 Å². The Balaban J connectivity index is 2.39. The molecule has 1 aliphatic rings. The van der Waals surface area contributed by atoms with Crippen molar-refractivity contribution in [1.29, 1.82) is 5.26 Å². The van der Waals surface area contributed by atoms with Crippen molar-refractivity contribution in [3.8, 4) is 6.07 Å². The van der Waals surface area contributed by atoms with Crippen molar-refractivity contribution in [2.75, 3.05) is 11.5 Å². The van der Waals surface area contributed by atoms with Crippen molar-refractivity contribution in [2.45, 2.75) is 19.4 Å². The first-order valence-electron chi connectivity index (χ1n) is 5.24. The Hall–Kier alpha value is -1.32. The maximum Gasteiger partial charge on any atom is 0.152 e. The molecular formula is C11H13NO4S. The maximum atomic E-state index is 11.5. The van der Waals surface area contributed by atoms with E-state index in [1.165, 1.54) is 6.26 Å². The monoisotopic (exact) mass is 255 g/mol. The lowest BCUT2D eigenvalue weighted by Gasteiger charge is -2.24. The van der Waals surface area contributed by atoms with Gasteiger partial charge in [-0.1, -0.05) is 0 Å². The van der Waals surface area contributed by atoms with Gasteiger partial charge in [-0.3, -0.25) is 0 Å². The van der Waals surface area contributed by atoms with Crippen LogP contribution in [-0.4, -0.2) is 25.0 Å². The topological polar surface area (TPSA) is 91.3 Å². The number of aliphatic hydroxyl groups is 1. The van der Waals surface area contributed by atoms with Crippen LogP contribution in [0.1, 0.15) is 23.8 Å². The molecule has 2 atom stereocenters. The summed E-state index contributed by atoms with van der Waals surface area (Å²) in [6, 6.07) is 3.63. The first-order chi connectivity index (χ1) is 7.90. The van der Waals surface area contributed by atoms with E-state index in [2.05, 4.69) is 0 Å². The van der Waals surface area contributed by atoms with Gasteiger partial charge in [0.25, 0.3) is 0 Å². The van der Waals surface area contributed by atoms with E-state index in [-0.39, 0.29) is 23.7 Å². The van der Waals surface area contributed by atoms with Crippen LogP contribution >= 0.6 is 0 Å². The molecule has 2 unspecified atom stereocenters. The van der Waals surface area contributed by atoms with E-state index in [4.69, 9.17) is 4.42 Å². The Morgan fingerprint density at radius 1 is 1.65 bits per heavy atom. The number of aliphatic hydroxyl groups excluding tert-OH is 1. The van der Waals surface area contributed by atoms with Gasteiger partial charge in [0, 0.05) is 0 Å². The summed E-state index contributed by atoms with van der Waals surface area (Å²) in [4.78, 5) is 0. The zero-order valence-electron chi connectivity index (χ0n) is 9.38. The molecule has 0 amide bonds. The number of furan rings is 1. The van der Waals surface area contributed by atoms with Crippen molar-refractivity contribution >= 4 is 9.84 Å². The number of nitriles is 1. The van der Waals surface area contributed by atoms with Crippen LogP contribution in [0.3, 0.4) is 0 Å². The molecule has 1 N–H and O–H groups in total. The lowest BCUT2D eigenvalue weighted by Crippen LogP contribution is -2.29. The van der Waals surface area contributed by atoms with E-state index in [1.54, 1.807) is 13.0 Å². The summed E-state index contributed by atoms with van der Waals surface area (Å²) in [6.07, 6.45) is 0.370. The molecule has 92 valence electrons. The van der Waals surface area contributed by atoms with Gasteiger partial charge < -0.3 is 9.52 Å². The van der Waals surface area contributed by atoms with Gasteiger partial charge in [0.2, 0.25) is 0 Å². The summed E-state index contributed by atoms with van der Waals surface area (Å²) in [5, 5.41) is 19.4. The fourth-order valence-electron chi connectivity index (χ4n) is 2.15. The number of nitrogens with zero attached hydrogens (tertiary/aromatic N) is 1. The molecule has 2 heterocycles. The molecule has 17 heavy (non-hydrogen) atoms. The SMILES string of the molecule is Cc1ccoc1C(O)C1(C#N)CCS(=O)(=O)C1. The van der Waals surface area contributed by atoms with E-state index in [1.807, 2.05) is 6.07 Å². The summed E-state index contributed by atoms with van der Waals surface area (Å²) in [6.45, 7) is 1.75. The minimum atomic E-state index is -3.24. The summed E-state index contributed by atoms with van der Waals surface area (Å²) >= 11 is 0. The van der Waals surface area contributed by atoms with Crippen LogP contribution in [0.4, 0.5) is 0 Å². The molecular weight excluding hydrogens is 242 g/mol. The predicted molar refractivity (Wildman–Crippen MR) is 59.7 cm³/mol. The predicted octanol–water partition coefficient (Wildman–Crippen LogP) is 0.950. The van der Waals surface area contributed by atoms with Gasteiger partial charge in [-0.2, -0.15) is 5.26 Å². The highest BCUT2D eigenvalue weighted by Crippen LogP contribution is 2.43. The zero-order valence-corrected chi connectivity index (χ0v) is 10.2. The largest absolute Gasteiger partial charge is 0.466 e. The van der Waals surface area contributed by atoms with Crippen LogP contribution in [0.5, 0.6) is 0 Å². The third-order valence-corrected chi connectivity index (χ3v) is 5.01. The zero-order chi connectivity index (χ0) is 12.7. The molecule has 0 aromatic carbocycles. The van der Waals surface area contributed by atoms with Crippen LogP contribution in [0.25, 0.3) is 0 Å². The Labute approximate surface area is 99.6 Å². The van der Waals surface area contributed by atoms with Gasteiger partial charge in [-0.25, -0.2) is 8.42 Å². The van der Waals surface area contributed by atoms with Gasteiger partial charge in [-0.15, -0.1) is 0 Å². The molecule has 1 aliphatic heterocycles. The molecule has 0 bridgehead atoms. The molecule has 0 saturated carbocycles. The highest BCUT2D eigenvalue weighted by molar-refractivity contribution is 7.91. The van der Waals surface area contributed by atoms with Gasteiger partial charge in [0.15, 0.2) is 9.84 Å². The van der Waals surface area contributed by atoms with Crippen LogP contribution in [-0.2, 0) is 9.84 Å². The third-order valence-electron chi connectivity index (χ3n) is 3.23. The highest BCUT2D eigenvalue weighted by Gasteiger charge is 2.50. The van der Waals surface area contributed by atoms with Crippen molar-refractivity contribution in [2.24, 2.45) is 5.41 Å². The quantitative estimate of drug-likeness (QED) is 0.849. The summed E-state index contributed by atoms with van der Waals surface area (Å²) < 4.78 is 28.1. The van der Waals surface area contributed by atoms with Gasteiger partial charge in [0.05, 0.1) is 23.8 Å². The van der Waals surface area contributed by atoms with Gasteiger partial charge in [0.1, 0.15) is 17.3 Å². The van der Waals surface area contributed by atoms with E-state index in [0.717, 1.165) is 5.56 Å². The first kappa shape index (κ1) is 12.1. The van der Waals surface area contributed by atoms with Crippen molar-refractivity contribution in [3.05, 3.63) is 23.7 Å². The van der Waals surface area contributed by atoms with Crippen LogP contribution in [0.15, 0.2) is 16.7 Å². The summed E-state index contributed by atoms with van der Waals surface area (Å²) in [7, 11) is -3.24. The summed E-state index contributed by atoms with van der Waals surface area (Å²) in [5.74, 6) is -0.0847. The normalized spacial score (nSPS) is 28.8. The van der Waals surface area contributed by atoms with E-state index in [9.17, 15) is 18.8 Å². The number of aryl methyl sites for hydroxylation is 1. The average Bonchev–Trinajstić information content (AvgIpc) is 2.82. The van der Waals surface area contributed by atoms with Crippen LogP contribution < -0.4 is 0 Å². The fourth-order valence-corrected chi connectivity index (χ4v) is 4.13. The lowest BCUT2D eigenvalue weighted by molar-refractivity contribution is 0.0582. The second-order valence-electron chi connectivity index (χ2n) is 4.48. The standard InChI is InChI=1S/C11H13NO4S/c1-8-2-4-16-9(8)10(13)11(6-12)3-5-17(14,15)7-11/h2,4,10,13H,3,5,7H2,1H3. The molecule has 5 nitrogen and oxygen atoms in total. The summed E-state index contributed by atoms with van der Waals surface area (Å²) in [5.41, 5.74) is -0.557. The van der Waals surface area contributed by atoms with E-state index >= 15 is 0 Å². The van der Waals surface area contributed by atoms with Crippen LogP contribution in [0.2, 0.25) is 0 Å². The Morgan fingerprint density at radius 2 is 2.35 bits per heavy atom. The smallest absolute Gasteiger partial charge is 0.152 e. The second kappa shape index (κ2) is 3.86. The number of sulfone groups is 1. The molecule has 1 saturated heterocycles. The molecule has 6 heteroatoms. The third kappa shape index (κ3) is 1.96. The maximum absolute atomic E-state index is 11.5. The molecule has 1 fully saturated rings. The van der Waals surface area contributed by atoms with Crippen molar-refractivity contribution < 1.29 is 17.9 Å². The minimum Gasteiger partial charge on any atom is -0.466 e. The molecule has 0 spiro atoms. The molecule has 1 aromatic heterocycles. The Bertz CT molecular complexity index is 569. The molecule has 1 aromatic rings. The average molecular weight is 255 g/mol. The van der Waals surface area contributed by atoms with Gasteiger partial charge in [-0.05, 0) is 25.0 Å².